The highest BCUT2D eigenvalue weighted by molar-refractivity contribution is 4.84. The minimum Gasteiger partial charge on any atom is -0.381 e. The van der Waals surface area contributed by atoms with Crippen LogP contribution in [0, 0.1) is 0 Å². The first-order chi connectivity index (χ1) is 7.42. The summed E-state index contributed by atoms with van der Waals surface area (Å²) in [5.41, 5.74) is 5.70. The summed E-state index contributed by atoms with van der Waals surface area (Å²) in [6.07, 6.45) is 7.75. The van der Waals surface area contributed by atoms with E-state index >= 15 is 0 Å². The molecule has 2 aliphatic rings. The quantitative estimate of drug-likeness (QED) is 0.768. The highest BCUT2D eigenvalue weighted by Crippen LogP contribution is 2.25. The molecule has 2 N–H and O–H groups in total. The standard InChI is InChI=1S/C12H24N2O/c13-7-4-11-3-1-2-8-14(11)12-5-9-15-10-6-12/h11-12H,1-10,13H2. The van der Waals surface area contributed by atoms with Crippen LogP contribution in [-0.2, 0) is 4.74 Å². The molecule has 3 heteroatoms. The molecule has 2 aliphatic heterocycles. The normalized spacial score (nSPS) is 30.6. The second-order valence-electron chi connectivity index (χ2n) is 4.81. The summed E-state index contributed by atoms with van der Waals surface area (Å²) < 4.78 is 5.43. The SMILES string of the molecule is NCCC1CCCCN1C1CCOCC1. The van der Waals surface area contributed by atoms with Gasteiger partial charge in [-0.05, 0) is 45.2 Å². The highest BCUT2D eigenvalue weighted by Gasteiger charge is 2.29. The molecule has 0 bridgehead atoms. The van der Waals surface area contributed by atoms with Gasteiger partial charge in [-0.3, -0.25) is 4.90 Å². The monoisotopic (exact) mass is 212 g/mol. The molecule has 0 saturated carbocycles. The molecule has 3 nitrogen and oxygen atoms in total. The molecule has 2 rings (SSSR count). The summed E-state index contributed by atoms with van der Waals surface area (Å²) in [6, 6.07) is 1.53. The van der Waals surface area contributed by atoms with Gasteiger partial charge in [0.1, 0.15) is 0 Å². The van der Waals surface area contributed by atoms with Crippen LogP contribution in [0.2, 0.25) is 0 Å². The van der Waals surface area contributed by atoms with Gasteiger partial charge in [-0.15, -0.1) is 0 Å². The van der Waals surface area contributed by atoms with Crippen LogP contribution in [0.3, 0.4) is 0 Å². The first-order valence-electron chi connectivity index (χ1n) is 6.45. The van der Waals surface area contributed by atoms with Crippen LogP contribution in [0.4, 0.5) is 0 Å². The number of likely N-dealkylation sites (tertiary alicyclic amines) is 1. The fourth-order valence-electron chi connectivity index (χ4n) is 3.02. The number of rotatable bonds is 3. The summed E-state index contributed by atoms with van der Waals surface area (Å²) in [7, 11) is 0. The Kier molecular flexibility index (Phi) is 4.42. The Morgan fingerprint density at radius 1 is 1.13 bits per heavy atom. The number of hydrogen-bond donors (Lipinski definition) is 1. The average Bonchev–Trinajstić information content (AvgIpc) is 2.31. The van der Waals surface area contributed by atoms with E-state index in [0.717, 1.165) is 31.8 Å². The molecule has 0 aromatic rings. The van der Waals surface area contributed by atoms with Gasteiger partial charge in [0, 0.05) is 25.3 Å². The Morgan fingerprint density at radius 2 is 1.93 bits per heavy atom. The summed E-state index contributed by atoms with van der Waals surface area (Å²) in [5, 5.41) is 0. The highest BCUT2D eigenvalue weighted by atomic mass is 16.5. The van der Waals surface area contributed by atoms with Gasteiger partial charge in [0.05, 0.1) is 0 Å². The molecular formula is C12H24N2O. The van der Waals surface area contributed by atoms with Crippen molar-refractivity contribution in [2.75, 3.05) is 26.3 Å². The first kappa shape index (κ1) is 11.4. The van der Waals surface area contributed by atoms with Crippen LogP contribution in [0.5, 0.6) is 0 Å². The maximum atomic E-state index is 5.70. The number of piperidine rings is 1. The molecule has 15 heavy (non-hydrogen) atoms. The van der Waals surface area contributed by atoms with E-state index in [1.807, 2.05) is 0 Å². The Balaban J connectivity index is 1.90. The smallest absolute Gasteiger partial charge is 0.0480 e. The van der Waals surface area contributed by atoms with E-state index in [2.05, 4.69) is 4.90 Å². The topological polar surface area (TPSA) is 38.5 Å². The van der Waals surface area contributed by atoms with Crippen LogP contribution < -0.4 is 5.73 Å². The molecule has 0 radical (unpaired) electrons. The van der Waals surface area contributed by atoms with Crippen molar-refractivity contribution in [2.24, 2.45) is 5.73 Å². The Bertz CT molecular complexity index is 168. The predicted molar refractivity (Wildman–Crippen MR) is 61.9 cm³/mol. The van der Waals surface area contributed by atoms with Gasteiger partial charge in [-0.2, -0.15) is 0 Å². The van der Waals surface area contributed by atoms with Gasteiger partial charge in [-0.25, -0.2) is 0 Å². The van der Waals surface area contributed by atoms with Crippen LogP contribution in [-0.4, -0.2) is 43.3 Å². The molecule has 2 fully saturated rings. The lowest BCUT2D eigenvalue weighted by atomic mass is 9.94. The minimum atomic E-state index is 0.756. The molecule has 88 valence electrons. The fourth-order valence-corrected chi connectivity index (χ4v) is 3.02. The van der Waals surface area contributed by atoms with Crippen molar-refractivity contribution in [1.82, 2.24) is 4.90 Å². The maximum absolute atomic E-state index is 5.70. The van der Waals surface area contributed by atoms with Gasteiger partial charge in [0.15, 0.2) is 0 Å². The van der Waals surface area contributed by atoms with Crippen LogP contribution in [0.15, 0.2) is 0 Å². The van der Waals surface area contributed by atoms with E-state index in [0.29, 0.717) is 0 Å². The number of nitrogens with two attached hydrogens (primary N) is 1. The molecule has 0 aliphatic carbocycles. The van der Waals surface area contributed by atoms with E-state index in [9.17, 15) is 0 Å². The van der Waals surface area contributed by atoms with E-state index < -0.39 is 0 Å². The lowest BCUT2D eigenvalue weighted by molar-refractivity contribution is 0.00346. The van der Waals surface area contributed by atoms with Crippen molar-refractivity contribution in [3.63, 3.8) is 0 Å². The minimum absolute atomic E-state index is 0.756. The second-order valence-corrected chi connectivity index (χ2v) is 4.81. The molecular weight excluding hydrogens is 188 g/mol. The molecule has 0 spiro atoms. The Labute approximate surface area is 93.0 Å². The van der Waals surface area contributed by atoms with Crippen molar-refractivity contribution in [1.29, 1.82) is 0 Å². The van der Waals surface area contributed by atoms with Crippen molar-refractivity contribution in [3.05, 3.63) is 0 Å². The average molecular weight is 212 g/mol. The van der Waals surface area contributed by atoms with Crippen molar-refractivity contribution in [2.45, 2.75) is 50.6 Å². The largest absolute Gasteiger partial charge is 0.381 e. The zero-order valence-corrected chi connectivity index (χ0v) is 9.66. The van der Waals surface area contributed by atoms with E-state index in [1.54, 1.807) is 0 Å². The van der Waals surface area contributed by atoms with E-state index in [1.165, 1.54) is 45.1 Å². The maximum Gasteiger partial charge on any atom is 0.0480 e. The zero-order valence-electron chi connectivity index (χ0n) is 9.66. The Hall–Kier alpha value is -0.120. The molecule has 1 atom stereocenters. The van der Waals surface area contributed by atoms with Gasteiger partial charge in [0.2, 0.25) is 0 Å². The zero-order chi connectivity index (χ0) is 10.5. The summed E-state index contributed by atoms with van der Waals surface area (Å²) >= 11 is 0. The predicted octanol–water partition coefficient (Wildman–Crippen LogP) is 1.37. The third-order valence-electron chi connectivity index (χ3n) is 3.83. The first-order valence-corrected chi connectivity index (χ1v) is 6.45. The van der Waals surface area contributed by atoms with Crippen molar-refractivity contribution >= 4 is 0 Å². The van der Waals surface area contributed by atoms with Crippen LogP contribution in [0.25, 0.3) is 0 Å². The molecule has 0 aromatic heterocycles. The second kappa shape index (κ2) is 5.83. The van der Waals surface area contributed by atoms with Gasteiger partial charge in [0.25, 0.3) is 0 Å². The third-order valence-corrected chi connectivity index (χ3v) is 3.83. The van der Waals surface area contributed by atoms with E-state index in [-0.39, 0.29) is 0 Å². The molecule has 0 aromatic carbocycles. The third kappa shape index (κ3) is 2.92. The fraction of sp³-hybridized carbons (Fsp3) is 1.00. The van der Waals surface area contributed by atoms with Crippen LogP contribution in [0.1, 0.15) is 38.5 Å². The van der Waals surface area contributed by atoms with Gasteiger partial charge in [-0.1, -0.05) is 6.42 Å². The van der Waals surface area contributed by atoms with E-state index in [4.69, 9.17) is 10.5 Å². The molecule has 2 heterocycles. The van der Waals surface area contributed by atoms with Gasteiger partial charge >= 0.3 is 0 Å². The number of nitrogens with zero attached hydrogens (tertiary/aromatic N) is 1. The summed E-state index contributed by atoms with van der Waals surface area (Å²) in [4.78, 5) is 2.72. The summed E-state index contributed by atoms with van der Waals surface area (Å²) in [6.45, 7) is 4.03. The lowest BCUT2D eigenvalue weighted by Crippen LogP contribution is -2.49. The molecule has 0 amide bonds. The summed E-state index contributed by atoms with van der Waals surface area (Å²) in [5.74, 6) is 0. The lowest BCUT2D eigenvalue weighted by Gasteiger charge is -2.42. The van der Waals surface area contributed by atoms with Crippen molar-refractivity contribution < 1.29 is 4.74 Å². The van der Waals surface area contributed by atoms with Crippen molar-refractivity contribution in [3.8, 4) is 0 Å². The Morgan fingerprint density at radius 3 is 2.67 bits per heavy atom. The van der Waals surface area contributed by atoms with Gasteiger partial charge < -0.3 is 10.5 Å². The number of ether oxygens (including phenoxy) is 1. The van der Waals surface area contributed by atoms with Crippen LogP contribution >= 0.6 is 0 Å². The number of hydrogen-bond acceptors (Lipinski definition) is 3. The molecule has 2 saturated heterocycles. The molecule has 1 unspecified atom stereocenters.